The van der Waals surface area contributed by atoms with Gasteiger partial charge in [-0.25, -0.2) is 12.8 Å². The Kier molecular flexibility index (Phi) is 6.56. The second-order valence-corrected chi connectivity index (χ2v) is 8.07. The lowest BCUT2D eigenvalue weighted by molar-refractivity contribution is -0.669. The van der Waals surface area contributed by atoms with E-state index in [1.54, 1.807) is 0 Å². The fourth-order valence-corrected chi connectivity index (χ4v) is 3.13. The first-order valence-electron chi connectivity index (χ1n) is 9.13. The molecule has 0 aliphatic rings. The van der Waals surface area contributed by atoms with E-state index < -0.39 is 15.6 Å². The fourth-order valence-electron chi connectivity index (χ4n) is 3.13. The topological polar surface area (TPSA) is 61.1 Å². The van der Waals surface area contributed by atoms with Crippen LogP contribution < -0.4 is 4.57 Å². The van der Waals surface area contributed by atoms with Crippen molar-refractivity contribution in [2.45, 2.75) is 18.5 Å². The summed E-state index contributed by atoms with van der Waals surface area (Å²) in [7, 11) is -6.09. The zero-order valence-electron chi connectivity index (χ0n) is 16.0. The van der Waals surface area contributed by atoms with E-state index in [1.807, 2.05) is 12.1 Å². The molecule has 0 atom stereocenters. The number of benzene rings is 3. The average Bonchev–Trinajstić information content (AvgIpc) is 2.72. The highest BCUT2D eigenvalue weighted by molar-refractivity contribution is 7.86. The molecule has 4 aromatic rings. The number of para-hydroxylation sites is 1. The Morgan fingerprint density at radius 3 is 2.00 bits per heavy atom. The van der Waals surface area contributed by atoms with E-state index in [4.69, 9.17) is 13.0 Å². The molecule has 0 N–H and O–H groups in total. The molecule has 162 valence electrons. The molecule has 4 nitrogen and oxygen atoms in total. The van der Waals surface area contributed by atoms with Crippen molar-refractivity contribution < 1.29 is 35.1 Å². The number of aryl methyl sites for hydroxylation is 2. The molecule has 0 saturated carbocycles. The first-order chi connectivity index (χ1) is 14.6. The molecule has 31 heavy (non-hydrogen) atoms. The second kappa shape index (κ2) is 8.99. The van der Waals surface area contributed by atoms with Gasteiger partial charge in [0.05, 0.1) is 5.39 Å². The maximum absolute atomic E-state index is 13.0. The smallest absolute Gasteiger partial charge is 0.485 e. The summed E-state index contributed by atoms with van der Waals surface area (Å²) >= 11 is 0. The van der Waals surface area contributed by atoms with E-state index in [9.17, 15) is 17.6 Å². The Morgan fingerprint density at radius 1 is 0.839 bits per heavy atom. The van der Waals surface area contributed by atoms with Gasteiger partial charge in [-0.15, -0.1) is 0 Å². The van der Waals surface area contributed by atoms with E-state index in [-0.39, 0.29) is 5.82 Å². The Hall–Kier alpha value is -3.04. The first kappa shape index (κ1) is 22.6. The minimum Gasteiger partial charge on any atom is -0.741 e. The van der Waals surface area contributed by atoms with Crippen LogP contribution in [0.3, 0.4) is 0 Å². The normalized spacial score (nSPS) is 11.9. The SMILES string of the molecule is Fc1ccc(CC[n+]2cc3ccccc3c3ccccc32)cc1.O=S(=O)([O-])C(F)(F)F. The molecule has 0 saturated heterocycles. The maximum Gasteiger partial charge on any atom is 0.485 e. The molecule has 0 amide bonds. The molecular formula is C22H17F4NO3S. The van der Waals surface area contributed by atoms with Gasteiger partial charge in [0, 0.05) is 23.3 Å². The van der Waals surface area contributed by atoms with Gasteiger partial charge in [-0.1, -0.05) is 42.5 Å². The highest BCUT2D eigenvalue weighted by atomic mass is 32.2. The molecule has 0 aliphatic heterocycles. The lowest BCUT2D eigenvalue weighted by Gasteiger charge is -2.08. The summed E-state index contributed by atoms with van der Waals surface area (Å²) in [5, 5.41) is 3.79. The Labute approximate surface area is 176 Å². The van der Waals surface area contributed by atoms with Crippen molar-refractivity contribution in [3.63, 3.8) is 0 Å². The number of rotatable bonds is 3. The summed E-state index contributed by atoms with van der Waals surface area (Å²) in [6.07, 6.45) is 3.09. The molecule has 0 spiro atoms. The van der Waals surface area contributed by atoms with E-state index in [0.29, 0.717) is 0 Å². The van der Waals surface area contributed by atoms with Crippen molar-refractivity contribution >= 4 is 31.8 Å². The Bertz CT molecular complexity index is 1300. The van der Waals surface area contributed by atoms with Crippen LogP contribution in [0.1, 0.15) is 5.56 Å². The van der Waals surface area contributed by atoms with Crippen LogP contribution in [-0.4, -0.2) is 18.5 Å². The summed E-state index contributed by atoms with van der Waals surface area (Å²) in [6.45, 7) is 0.872. The number of alkyl halides is 3. The Morgan fingerprint density at radius 2 is 1.39 bits per heavy atom. The van der Waals surface area contributed by atoms with Crippen LogP contribution >= 0.6 is 0 Å². The van der Waals surface area contributed by atoms with E-state index >= 15 is 0 Å². The Balaban J connectivity index is 0.000000293. The number of aromatic nitrogens is 1. The largest absolute Gasteiger partial charge is 0.741 e. The van der Waals surface area contributed by atoms with Gasteiger partial charge in [0.2, 0.25) is 5.52 Å². The standard InChI is InChI=1S/C21H17FN.CHF3O3S/c22-18-11-9-16(10-12-18)13-14-23-15-17-5-1-2-6-19(17)20-7-3-4-8-21(20)23;2-1(3,4)8(5,6)7/h1-12,15H,13-14H2;(H,5,6,7)/q+1;/p-1. The number of halogens is 4. The van der Waals surface area contributed by atoms with E-state index in [1.165, 1.54) is 33.8 Å². The van der Waals surface area contributed by atoms with Gasteiger partial charge < -0.3 is 4.55 Å². The molecule has 1 aromatic heterocycles. The van der Waals surface area contributed by atoms with Gasteiger partial charge >= 0.3 is 5.51 Å². The highest BCUT2D eigenvalue weighted by Crippen LogP contribution is 2.22. The predicted molar refractivity (Wildman–Crippen MR) is 108 cm³/mol. The molecular weight excluding hydrogens is 434 g/mol. The zero-order valence-corrected chi connectivity index (χ0v) is 16.8. The van der Waals surface area contributed by atoms with Gasteiger partial charge in [0.25, 0.3) is 0 Å². The van der Waals surface area contributed by atoms with E-state index in [0.717, 1.165) is 18.5 Å². The van der Waals surface area contributed by atoms with Crippen molar-refractivity contribution in [1.82, 2.24) is 0 Å². The third-order valence-electron chi connectivity index (χ3n) is 4.60. The van der Waals surface area contributed by atoms with Crippen LogP contribution in [0.4, 0.5) is 17.6 Å². The van der Waals surface area contributed by atoms with Crippen LogP contribution in [0.2, 0.25) is 0 Å². The molecule has 4 rings (SSSR count). The van der Waals surface area contributed by atoms with Crippen LogP contribution in [-0.2, 0) is 23.1 Å². The summed E-state index contributed by atoms with van der Waals surface area (Å²) in [5.41, 5.74) is -3.27. The van der Waals surface area contributed by atoms with Crippen LogP contribution in [0.15, 0.2) is 79.0 Å². The van der Waals surface area contributed by atoms with Crippen molar-refractivity contribution in [1.29, 1.82) is 0 Å². The summed E-state index contributed by atoms with van der Waals surface area (Å²) in [5.74, 6) is -0.183. The van der Waals surface area contributed by atoms with Crippen molar-refractivity contribution in [3.8, 4) is 0 Å². The molecule has 0 aliphatic carbocycles. The number of hydrogen-bond acceptors (Lipinski definition) is 3. The van der Waals surface area contributed by atoms with Gasteiger partial charge in [-0.05, 0) is 29.8 Å². The number of fused-ring (bicyclic) bond motifs is 3. The van der Waals surface area contributed by atoms with E-state index in [2.05, 4.69) is 59.3 Å². The highest BCUT2D eigenvalue weighted by Gasteiger charge is 2.36. The van der Waals surface area contributed by atoms with Gasteiger partial charge in [-0.2, -0.15) is 17.7 Å². The first-order valence-corrected chi connectivity index (χ1v) is 10.5. The van der Waals surface area contributed by atoms with Crippen LogP contribution in [0.25, 0.3) is 21.7 Å². The zero-order chi connectivity index (χ0) is 22.6. The second-order valence-electron chi connectivity index (χ2n) is 6.70. The minimum atomic E-state index is -6.09. The number of hydrogen-bond donors (Lipinski definition) is 0. The van der Waals surface area contributed by atoms with Gasteiger partial charge in [0.1, 0.15) is 5.82 Å². The molecule has 0 fully saturated rings. The third-order valence-corrected chi connectivity index (χ3v) is 5.16. The quantitative estimate of drug-likeness (QED) is 0.149. The summed E-state index contributed by atoms with van der Waals surface area (Å²) in [4.78, 5) is 0. The number of nitrogens with zero attached hydrogens (tertiary/aromatic N) is 1. The minimum absolute atomic E-state index is 0.183. The predicted octanol–water partition coefficient (Wildman–Crippen LogP) is 4.71. The van der Waals surface area contributed by atoms with Crippen molar-refractivity contribution in [2.75, 3.05) is 0 Å². The maximum atomic E-state index is 13.0. The molecule has 3 aromatic carbocycles. The van der Waals surface area contributed by atoms with Crippen LogP contribution in [0, 0.1) is 5.82 Å². The molecule has 0 unspecified atom stereocenters. The van der Waals surface area contributed by atoms with Crippen LogP contribution in [0.5, 0.6) is 0 Å². The lowest BCUT2D eigenvalue weighted by atomic mass is 10.1. The molecule has 0 radical (unpaired) electrons. The third kappa shape index (κ3) is 5.56. The summed E-state index contributed by atoms with van der Waals surface area (Å²) in [6, 6.07) is 23.7. The molecule has 1 heterocycles. The van der Waals surface area contributed by atoms with Gasteiger partial charge in [-0.3, -0.25) is 0 Å². The van der Waals surface area contributed by atoms with Crippen molar-refractivity contribution in [2.24, 2.45) is 0 Å². The van der Waals surface area contributed by atoms with Gasteiger partial charge in [0.15, 0.2) is 22.9 Å². The molecule has 0 bridgehead atoms. The lowest BCUT2D eigenvalue weighted by Crippen LogP contribution is -2.35. The summed E-state index contributed by atoms with van der Waals surface area (Å²) < 4.78 is 74.2. The monoisotopic (exact) mass is 451 g/mol. The van der Waals surface area contributed by atoms with Crippen molar-refractivity contribution in [3.05, 3.63) is 90.4 Å². The number of pyridine rings is 1. The average molecular weight is 451 g/mol. The molecule has 9 heteroatoms. The fraction of sp³-hybridized carbons (Fsp3) is 0.136.